The maximum absolute atomic E-state index is 12.7. The fourth-order valence-corrected chi connectivity index (χ4v) is 4.14. The monoisotopic (exact) mass is 455 g/mol. The molecule has 1 aromatic heterocycles. The zero-order chi connectivity index (χ0) is 23.3. The van der Waals surface area contributed by atoms with E-state index < -0.39 is 17.4 Å². The Bertz CT molecular complexity index is 1330. The van der Waals surface area contributed by atoms with E-state index >= 15 is 0 Å². The van der Waals surface area contributed by atoms with Crippen LogP contribution in [0.3, 0.4) is 0 Å². The molecule has 1 aliphatic heterocycles. The summed E-state index contributed by atoms with van der Waals surface area (Å²) < 4.78 is 0.369. The zero-order valence-electron chi connectivity index (χ0n) is 17.5. The highest BCUT2D eigenvalue weighted by atomic mass is 35.5. The van der Waals surface area contributed by atoms with Crippen molar-refractivity contribution in [2.75, 3.05) is 11.4 Å². The molecule has 0 saturated heterocycles. The molecule has 1 aliphatic rings. The standard InChI is InChI=1S/C23H22ClN3O5/c1-22(2,29)12-11-14-6-3-9-17-15(14)7-5-13-26(17)20-19-16(24)8-4-10-18(19)27(21(28)25-20)23(30,31)32/h3-4,6,8-10,29-32H,5,7,13H2,1-2H3. The van der Waals surface area contributed by atoms with Crippen molar-refractivity contribution < 1.29 is 20.4 Å². The van der Waals surface area contributed by atoms with Gasteiger partial charge in [0.25, 0.3) is 0 Å². The molecule has 0 radical (unpaired) electrons. The van der Waals surface area contributed by atoms with E-state index in [1.807, 2.05) is 23.1 Å². The summed E-state index contributed by atoms with van der Waals surface area (Å²) in [4.78, 5) is 18.6. The van der Waals surface area contributed by atoms with Gasteiger partial charge in [-0.05, 0) is 56.5 Å². The molecule has 9 heteroatoms. The number of nitrogens with zero attached hydrogens (tertiary/aromatic N) is 3. The molecule has 8 nitrogen and oxygen atoms in total. The first-order valence-corrected chi connectivity index (χ1v) is 10.4. The van der Waals surface area contributed by atoms with Crippen molar-refractivity contribution in [1.29, 1.82) is 0 Å². The predicted molar refractivity (Wildman–Crippen MR) is 121 cm³/mol. The highest BCUT2D eigenvalue weighted by molar-refractivity contribution is 6.36. The van der Waals surface area contributed by atoms with Crippen molar-refractivity contribution in [3.05, 3.63) is 63.0 Å². The van der Waals surface area contributed by atoms with Crippen LogP contribution >= 0.6 is 11.6 Å². The first kappa shape index (κ1) is 22.3. The Morgan fingerprint density at radius 1 is 1.09 bits per heavy atom. The molecule has 3 aromatic rings. The lowest BCUT2D eigenvalue weighted by molar-refractivity contribution is -0.374. The van der Waals surface area contributed by atoms with Gasteiger partial charge in [-0.2, -0.15) is 4.98 Å². The van der Waals surface area contributed by atoms with E-state index in [4.69, 9.17) is 11.6 Å². The molecule has 4 rings (SSSR count). The Morgan fingerprint density at radius 3 is 2.50 bits per heavy atom. The normalized spacial score (nSPS) is 14.2. The molecular weight excluding hydrogens is 434 g/mol. The van der Waals surface area contributed by atoms with E-state index in [2.05, 4.69) is 16.8 Å². The zero-order valence-corrected chi connectivity index (χ0v) is 18.3. The third kappa shape index (κ3) is 4.09. The average molecular weight is 456 g/mol. The van der Waals surface area contributed by atoms with Crippen LogP contribution < -0.4 is 10.6 Å². The van der Waals surface area contributed by atoms with Gasteiger partial charge in [0.1, 0.15) is 11.4 Å². The van der Waals surface area contributed by atoms with Gasteiger partial charge >= 0.3 is 11.8 Å². The van der Waals surface area contributed by atoms with Crippen LogP contribution in [-0.4, -0.2) is 42.1 Å². The Hall–Kier alpha value is -2.93. The third-order valence-electron chi connectivity index (χ3n) is 5.16. The number of benzene rings is 2. The Morgan fingerprint density at radius 2 is 1.81 bits per heavy atom. The van der Waals surface area contributed by atoms with Crippen molar-refractivity contribution in [3.8, 4) is 11.8 Å². The van der Waals surface area contributed by atoms with Gasteiger partial charge in [0, 0.05) is 17.8 Å². The van der Waals surface area contributed by atoms with E-state index in [9.17, 15) is 25.2 Å². The van der Waals surface area contributed by atoms with Crippen LogP contribution in [-0.2, 0) is 12.5 Å². The number of fused-ring (bicyclic) bond motifs is 2. The highest BCUT2D eigenvalue weighted by Crippen LogP contribution is 2.39. The summed E-state index contributed by atoms with van der Waals surface area (Å²) in [5.74, 6) is 6.10. The summed E-state index contributed by atoms with van der Waals surface area (Å²) in [6.07, 6.45) is -1.95. The summed E-state index contributed by atoms with van der Waals surface area (Å²) in [5.41, 5.74) is 0.323. The number of hydrogen-bond acceptors (Lipinski definition) is 7. The van der Waals surface area contributed by atoms with Gasteiger partial charge in [0.15, 0.2) is 0 Å². The number of aromatic nitrogens is 2. The second kappa shape index (κ2) is 7.89. The second-order valence-electron chi connectivity index (χ2n) is 8.15. The number of anilines is 2. The summed E-state index contributed by atoms with van der Waals surface area (Å²) in [6, 6.07) is 10.2. The fourth-order valence-electron chi connectivity index (χ4n) is 3.89. The first-order valence-electron chi connectivity index (χ1n) is 10.0. The third-order valence-corrected chi connectivity index (χ3v) is 5.47. The molecule has 0 atom stereocenters. The molecule has 4 N–H and O–H groups in total. The van der Waals surface area contributed by atoms with Crippen molar-refractivity contribution in [1.82, 2.24) is 9.55 Å². The first-order chi connectivity index (χ1) is 15.0. The van der Waals surface area contributed by atoms with E-state index in [1.165, 1.54) is 12.1 Å². The van der Waals surface area contributed by atoms with E-state index in [1.54, 1.807) is 19.9 Å². The maximum atomic E-state index is 12.7. The van der Waals surface area contributed by atoms with Crippen LogP contribution in [0.2, 0.25) is 5.02 Å². The molecule has 32 heavy (non-hydrogen) atoms. The minimum Gasteiger partial charge on any atom is -0.378 e. The summed E-state index contributed by atoms with van der Waals surface area (Å²) in [5, 5.41) is 39.7. The van der Waals surface area contributed by atoms with E-state index in [0.29, 0.717) is 11.1 Å². The van der Waals surface area contributed by atoms with E-state index in [-0.39, 0.29) is 21.7 Å². The van der Waals surface area contributed by atoms with E-state index in [0.717, 1.165) is 29.7 Å². The predicted octanol–water partition coefficient (Wildman–Crippen LogP) is 1.80. The Kier molecular flexibility index (Phi) is 5.49. The van der Waals surface area contributed by atoms with Crippen LogP contribution in [0.25, 0.3) is 10.9 Å². The SMILES string of the molecule is CC(C)(O)C#Cc1cccc2c1CCCN2c1nc(=O)n(C(O)(O)O)c2cccc(Cl)c12. The van der Waals surface area contributed by atoms with Gasteiger partial charge in [-0.1, -0.05) is 35.6 Å². The highest BCUT2D eigenvalue weighted by Gasteiger charge is 2.30. The van der Waals surface area contributed by atoms with Gasteiger partial charge in [0.05, 0.1) is 15.9 Å². The summed E-state index contributed by atoms with van der Waals surface area (Å²) in [6.45, 7) is 3.76. The molecule has 0 aliphatic carbocycles. The lowest BCUT2D eigenvalue weighted by Crippen LogP contribution is -2.43. The number of hydrogen-bond donors (Lipinski definition) is 4. The molecule has 2 heterocycles. The Balaban J connectivity index is 1.97. The van der Waals surface area contributed by atoms with Crippen LogP contribution in [0.4, 0.5) is 11.5 Å². The maximum Gasteiger partial charge on any atom is 0.377 e. The lowest BCUT2D eigenvalue weighted by atomic mass is 9.95. The Labute approximate surface area is 188 Å². The molecule has 0 spiro atoms. The molecule has 0 saturated carbocycles. The van der Waals surface area contributed by atoms with Gasteiger partial charge in [-0.25, -0.2) is 9.36 Å². The van der Waals surface area contributed by atoms with Crippen molar-refractivity contribution in [2.24, 2.45) is 0 Å². The van der Waals surface area contributed by atoms with Crippen LogP contribution in [0, 0.1) is 11.8 Å². The summed E-state index contributed by atoms with van der Waals surface area (Å²) in [7, 11) is 0. The minimum atomic E-state index is -3.44. The molecule has 0 fully saturated rings. The van der Waals surface area contributed by atoms with Gasteiger partial charge in [-0.15, -0.1) is 0 Å². The summed E-state index contributed by atoms with van der Waals surface area (Å²) >= 11 is 6.44. The molecule has 0 amide bonds. The van der Waals surface area contributed by atoms with Crippen molar-refractivity contribution in [3.63, 3.8) is 0 Å². The van der Waals surface area contributed by atoms with Gasteiger partial charge < -0.3 is 25.3 Å². The molecule has 0 bridgehead atoms. The molecule has 2 aromatic carbocycles. The molecule has 0 unspecified atom stereocenters. The number of rotatable bonds is 2. The fraction of sp³-hybridized carbons (Fsp3) is 0.304. The van der Waals surface area contributed by atoms with Gasteiger partial charge in [0.2, 0.25) is 0 Å². The number of aliphatic hydroxyl groups is 4. The van der Waals surface area contributed by atoms with Crippen LogP contribution in [0.5, 0.6) is 0 Å². The number of halogens is 1. The van der Waals surface area contributed by atoms with Crippen molar-refractivity contribution in [2.45, 2.75) is 38.4 Å². The average Bonchev–Trinajstić information content (AvgIpc) is 2.69. The smallest absolute Gasteiger partial charge is 0.377 e. The second-order valence-corrected chi connectivity index (χ2v) is 8.56. The van der Waals surface area contributed by atoms with Crippen molar-refractivity contribution >= 4 is 34.0 Å². The lowest BCUT2D eigenvalue weighted by Gasteiger charge is -2.32. The molecular formula is C23H22ClN3O5. The molecule has 166 valence electrons. The largest absolute Gasteiger partial charge is 0.378 e. The van der Waals surface area contributed by atoms with Gasteiger partial charge in [-0.3, -0.25) is 0 Å². The quantitative estimate of drug-likeness (QED) is 0.343. The minimum absolute atomic E-state index is 0.0186. The van der Waals surface area contributed by atoms with Crippen LogP contribution in [0.15, 0.2) is 41.2 Å². The van der Waals surface area contributed by atoms with Crippen LogP contribution in [0.1, 0.15) is 31.4 Å². The topological polar surface area (TPSA) is 119 Å².